The minimum Gasteiger partial charge on any atom is -0.392 e. The molecular weight excluding hydrogens is 164 g/mol. The summed E-state index contributed by atoms with van der Waals surface area (Å²) in [4.78, 5) is 0. The summed E-state index contributed by atoms with van der Waals surface area (Å²) in [6, 6.07) is 2.37. The molecule has 0 aromatic rings. The molecule has 0 bridgehead atoms. The highest BCUT2D eigenvalue weighted by Gasteiger charge is 2.33. The molecule has 1 aliphatic rings. The average molecular weight is 182 g/mol. The summed E-state index contributed by atoms with van der Waals surface area (Å²) in [7, 11) is 0. The fourth-order valence-electron chi connectivity index (χ4n) is 2.12. The van der Waals surface area contributed by atoms with Gasteiger partial charge in [-0.15, -0.1) is 0 Å². The molecule has 1 aliphatic carbocycles. The Balaban J connectivity index is 2.53. The lowest BCUT2D eigenvalue weighted by atomic mass is 9.72. The van der Waals surface area contributed by atoms with Gasteiger partial charge in [-0.2, -0.15) is 5.26 Å². The zero-order valence-electron chi connectivity index (χ0n) is 8.00. The Kier molecular flexibility index (Phi) is 3.71. The molecule has 1 fully saturated rings. The molecule has 74 valence electrons. The summed E-state index contributed by atoms with van der Waals surface area (Å²) in [6.07, 6.45) is 5.37. The molecule has 0 aliphatic heterocycles. The Labute approximate surface area is 79.5 Å². The van der Waals surface area contributed by atoms with Gasteiger partial charge in [0.15, 0.2) is 0 Å². The zero-order valence-corrected chi connectivity index (χ0v) is 8.00. The zero-order chi connectivity index (χ0) is 9.73. The van der Waals surface area contributed by atoms with Gasteiger partial charge in [0.25, 0.3) is 0 Å². The van der Waals surface area contributed by atoms with Crippen LogP contribution in [0.4, 0.5) is 0 Å². The molecule has 1 atom stereocenters. The number of nitrogens with zero attached hydrogens (tertiary/aromatic N) is 1. The van der Waals surface area contributed by atoms with E-state index in [4.69, 9.17) is 11.0 Å². The van der Waals surface area contributed by atoms with E-state index in [1.807, 2.05) is 0 Å². The van der Waals surface area contributed by atoms with Crippen LogP contribution >= 0.6 is 0 Å². The lowest BCUT2D eigenvalue weighted by molar-refractivity contribution is 0.108. The van der Waals surface area contributed by atoms with Gasteiger partial charge in [0.1, 0.15) is 0 Å². The Hall–Kier alpha value is -0.590. The smallest absolute Gasteiger partial charge is 0.0690 e. The summed E-state index contributed by atoms with van der Waals surface area (Å²) >= 11 is 0. The lowest BCUT2D eigenvalue weighted by Gasteiger charge is -2.32. The van der Waals surface area contributed by atoms with Crippen LogP contribution in [-0.4, -0.2) is 17.8 Å². The quantitative estimate of drug-likeness (QED) is 0.688. The van der Waals surface area contributed by atoms with Crippen molar-refractivity contribution in [3.63, 3.8) is 0 Å². The highest BCUT2D eigenvalue weighted by molar-refractivity contribution is 5.01. The second-order valence-corrected chi connectivity index (χ2v) is 4.05. The molecule has 0 radical (unpaired) electrons. The largest absolute Gasteiger partial charge is 0.392 e. The van der Waals surface area contributed by atoms with Gasteiger partial charge in [-0.05, 0) is 19.3 Å². The van der Waals surface area contributed by atoms with Crippen molar-refractivity contribution in [1.82, 2.24) is 0 Å². The molecule has 0 amide bonds. The number of hydrogen-bond acceptors (Lipinski definition) is 3. The highest BCUT2D eigenvalue weighted by Crippen LogP contribution is 2.39. The van der Waals surface area contributed by atoms with Crippen molar-refractivity contribution < 1.29 is 5.11 Å². The fourth-order valence-corrected chi connectivity index (χ4v) is 2.12. The Morgan fingerprint density at radius 2 is 2.00 bits per heavy atom. The van der Waals surface area contributed by atoms with Gasteiger partial charge in [-0.1, -0.05) is 19.3 Å². The van der Waals surface area contributed by atoms with E-state index in [-0.39, 0.29) is 12.0 Å². The first kappa shape index (κ1) is 10.5. The maximum atomic E-state index is 9.43. The highest BCUT2D eigenvalue weighted by atomic mass is 16.3. The summed E-state index contributed by atoms with van der Waals surface area (Å²) in [6.45, 7) is 0.267. The summed E-state index contributed by atoms with van der Waals surface area (Å²) in [5.41, 5.74) is 5.06. The number of aliphatic hydroxyl groups excluding tert-OH is 1. The summed E-state index contributed by atoms with van der Waals surface area (Å²) < 4.78 is 0. The molecule has 0 heterocycles. The van der Waals surface area contributed by atoms with Crippen molar-refractivity contribution in [3.8, 4) is 6.07 Å². The van der Waals surface area contributed by atoms with Gasteiger partial charge in [0, 0.05) is 6.54 Å². The number of hydrogen-bond donors (Lipinski definition) is 2. The third kappa shape index (κ3) is 2.68. The van der Waals surface area contributed by atoms with Crippen molar-refractivity contribution in [2.75, 3.05) is 6.54 Å². The first-order valence-electron chi connectivity index (χ1n) is 5.02. The van der Waals surface area contributed by atoms with Crippen LogP contribution in [0.2, 0.25) is 0 Å². The first-order chi connectivity index (χ1) is 6.22. The van der Waals surface area contributed by atoms with Crippen LogP contribution in [0.3, 0.4) is 0 Å². The normalized spacial score (nSPS) is 23.5. The lowest BCUT2D eigenvalue weighted by Crippen LogP contribution is -2.31. The fraction of sp³-hybridized carbons (Fsp3) is 0.900. The molecular formula is C10H18N2O. The van der Waals surface area contributed by atoms with Crippen molar-refractivity contribution in [1.29, 1.82) is 5.26 Å². The third-order valence-corrected chi connectivity index (χ3v) is 2.95. The molecule has 0 unspecified atom stereocenters. The number of nitrogens with two attached hydrogens (primary N) is 1. The third-order valence-electron chi connectivity index (χ3n) is 2.95. The van der Waals surface area contributed by atoms with E-state index in [2.05, 4.69) is 6.07 Å². The van der Waals surface area contributed by atoms with Gasteiger partial charge >= 0.3 is 0 Å². The van der Waals surface area contributed by atoms with Crippen LogP contribution in [0.25, 0.3) is 0 Å². The predicted molar refractivity (Wildman–Crippen MR) is 50.8 cm³/mol. The molecule has 1 rings (SSSR count). The van der Waals surface area contributed by atoms with Gasteiger partial charge in [-0.3, -0.25) is 0 Å². The molecule has 1 saturated carbocycles. The van der Waals surface area contributed by atoms with Gasteiger partial charge in [0.05, 0.1) is 17.6 Å². The van der Waals surface area contributed by atoms with Gasteiger partial charge in [0.2, 0.25) is 0 Å². The predicted octanol–water partition coefficient (Wildman–Crippen LogP) is 1.17. The van der Waals surface area contributed by atoms with E-state index in [9.17, 15) is 5.11 Å². The van der Waals surface area contributed by atoms with Gasteiger partial charge in [-0.25, -0.2) is 0 Å². The molecule has 0 saturated heterocycles. The van der Waals surface area contributed by atoms with E-state index in [0.29, 0.717) is 6.42 Å². The van der Waals surface area contributed by atoms with E-state index in [1.165, 1.54) is 6.42 Å². The number of nitriles is 1. The van der Waals surface area contributed by atoms with E-state index in [0.717, 1.165) is 25.7 Å². The second-order valence-electron chi connectivity index (χ2n) is 4.05. The summed E-state index contributed by atoms with van der Waals surface area (Å²) in [5.74, 6) is 0. The van der Waals surface area contributed by atoms with Crippen molar-refractivity contribution in [3.05, 3.63) is 0 Å². The van der Waals surface area contributed by atoms with Crippen LogP contribution in [0.15, 0.2) is 0 Å². The van der Waals surface area contributed by atoms with Crippen LogP contribution in [0.1, 0.15) is 38.5 Å². The molecule has 0 aromatic carbocycles. The minimum atomic E-state index is -0.502. The SMILES string of the molecule is N#CC1(C[C@@H](O)CN)CCCCC1. The Bertz CT molecular complexity index is 192. The molecule has 0 aromatic heterocycles. The van der Waals surface area contributed by atoms with Gasteiger partial charge < -0.3 is 10.8 Å². The van der Waals surface area contributed by atoms with Crippen LogP contribution in [-0.2, 0) is 0 Å². The maximum Gasteiger partial charge on any atom is 0.0690 e. The Morgan fingerprint density at radius 3 is 2.46 bits per heavy atom. The maximum absolute atomic E-state index is 9.43. The molecule has 3 heteroatoms. The van der Waals surface area contributed by atoms with E-state index >= 15 is 0 Å². The number of rotatable bonds is 3. The second kappa shape index (κ2) is 4.59. The molecule has 13 heavy (non-hydrogen) atoms. The van der Waals surface area contributed by atoms with Crippen molar-refractivity contribution >= 4 is 0 Å². The van der Waals surface area contributed by atoms with Crippen molar-refractivity contribution in [2.24, 2.45) is 11.1 Å². The topological polar surface area (TPSA) is 70.0 Å². The van der Waals surface area contributed by atoms with Crippen molar-refractivity contribution in [2.45, 2.75) is 44.6 Å². The summed E-state index contributed by atoms with van der Waals surface area (Å²) in [5, 5.41) is 18.5. The molecule has 3 N–H and O–H groups in total. The number of aliphatic hydroxyl groups is 1. The minimum absolute atomic E-state index is 0.267. The van der Waals surface area contributed by atoms with Crippen LogP contribution in [0, 0.1) is 16.7 Å². The van der Waals surface area contributed by atoms with E-state index < -0.39 is 6.10 Å². The molecule has 0 spiro atoms. The average Bonchev–Trinajstić information content (AvgIpc) is 2.19. The Morgan fingerprint density at radius 1 is 1.38 bits per heavy atom. The standard InChI is InChI=1S/C10H18N2O/c11-7-9(13)6-10(8-12)4-2-1-3-5-10/h9,13H,1-7,11H2/t9-/m1/s1. The van der Waals surface area contributed by atoms with Crippen LogP contribution in [0.5, 0.6) is 0 Å². The van der Waals surface area contributed by atoms with Crippen LogP contribution < -0.4 is 5.73 Å². The van der Waals surface area contributed by atoms with E-state index in [1.54, 1.807) is 0 Å². The monoisotopic (exact) mass is 182 g/mol. The first-order valence-corrected chi connectivity index (χ1v) is 5.02. The molecule has 3 nitrogen and oxygen atoms in total.